The molecule has 0 amide bonds. The molecule has 84 valence electrons. The summed E-state index contributed by atoms with van der Waals surface area (Å²) in [5.41, 5.74) is 0. The quantitative estimate of drug-likeness (QED) is 0.767. The first-order chi connectivity index (χ1) is 6.45. The molecule has 0 spiro atoms. The molecule has 0 aromatic rings. The van der Waals surface area contributed by atoms with Crippen LogP contribution in [-0.2, 0) is 19.5 Å². The van der Waals surface area contributed by atoms with Gasteiger partial charge in [0.05, 0.1) is 0 Å². The Labute approximate surface area is 101 Å². The van der Waals surface area contributed by atoms with Crippen LogP contribution in [0.5, 0.6) is 0 Å². The first-order valence-corrected chi connectivity index (χ1v) is 6.21. The van der Waals surface area contributed by atoms with Gasteiger partial charge in [-0.3, -0.25) is 0 Å². The first kappa shape index (κ1) is 12.7. The molecule has 2 rings (SSSR count). The first-order valence-electron chi connectivity index (χ1n) is 6.21. The van der Waals surface area contributed by atoms with Crippen molar-refractivity contribution < 1.29 is 19.5 Å². The Balaban J connectivity index is 0.000000980. The maximum Gasteiger partial charge on any atom is 0.00696 e. The van der Waals surface area contributed by atoms with Crippen LogP contribution in [0.3, 0.4) is 0 Å². The van der Waals surface area contributed by atoms with Crippen LogP contribution in [-0.4, -0.2) is 12.1 Å². The van der Waals surface area contributed by atoms with Crippen LogP contribution in [0.15, 0.2) is 0 Å². The van der Waals surface area contributed by atoms with E-state index in [2.05, 4.69) is 5.32 Å². The third kappa shape index (κ3) is 3.99. The maximum absolute atomic E-state index is 3.86. The fraction of sp³-hybridized carbons (Fsp3) is 1.00. The summed E-state index contributed by atoms with van der Waals surface area (Å²) in [5, 5.41) is 3.86. The molecular formula is C12H23NRu. The predicted octanol–water partition coefficient (Wildman–Crippen LogP) is 3.24. The standard InChI is InChI=1S/C12H23N.Ru/c1-3-7-11(8-4-1)13-12-9-5-2-6-10-12;/h11-13H,1-10H2;. The molecule has 2 heteroatoms. The number of rotatable bonds is 2. The van der Waals surface area contributed by atoms with Crippen LogP contribution in [0.1, 0.15) is 64.2 Å². The van der Waals surface area contributed by atoms with Gasteiger partial charge < -0.3 is 5.32 Å². The van der Waals surface area contributed by atoms with Crippen LogP contribution in [0, 0.1) is 0 Å². The Morgan fingerprint density at radius 1 is 0.571 bits per heavy atom. The zero-order valence-electron chi connectivity index (χ0n) is 9.08. The minimum atomic E-state index is 0. The Kier molecular flexibility index (Phi) is 6.29. The zero-order valence-corrected chi connectivity index (χ0v) is 10.8. The summed E-state index contributed by atoms with van der Waals surface area (Å²) >= 11 is 0. The van der Waals surface area contributed by atoms with Crippen molar-refractivity contribution in [3.63, 3.8) is 0 Å². The van der Waals surface area contributed by atoms with E-state index in [-0.39, 0.29) is 19.5 Å². The summed E-state index contributed by atoms with van der Waals surface area (Å²) in [7, 11) is 0. The minimum Gasteiger partial charge on any atom is -0.311 e. The smallest absolute Gasteiger partial charge is 0.00696 e. The summed E-state index contributed by atoms with van der Waals surface area (Å²) in [6.45, 7) is 0. The Hall–Kier alpha value is 0.583. The van der Waals surface area contributed by atoms with Crippen molar-refractivity contribution in [1.29, 1.82) is 0 Å². The average molecular weight is 282 g/mol. The van der Waals surface area contributed by atoms with E-state index in [9.17, 15) is 0 Å². The molecule has 0 heterocycles. The van der Waals surface area contributed by atoms with E-state index in [1.165, 1.54) is 64.2 Å². The van der Waals surface area contributed by atoms with Gasteiger partial charge in [-0.25, -0.2) is 0 Å². The Morgan fingerprint density at radius 3 is 1.29 bits per heavy atom. The molecule has 0 unspecified atom stereocenters. The summed E-state index contributed by atoms with van der Waals surface area (Å²) in [5.74, 6) is 0. The van der Waals surface area contributed by atoms with Gasteiger partial charge in [0, 0.05) is 31.6 Å². The van der Waals surface area contributed by atoms with Gasteiger partial charge in [0.25, 0.3) is 0 Å². The molecule has 2 aliphatic rings. The van der Waals surface area contributed by atoms with Crippen molar-refractivity contribution in [3.05, 3.63) is 0 Å². The number of nitrogens with one attached hydrogen (secondary N) is 1. The fourth-order valence-corrected chi connectivity index (χ4v) is 2.87. The molecule has 1 N–H and O–H groups in total. The van der Waals surface area contributed by atoms with E-state index in [4.69, 9.17) is 0 Å². The van der Waals surface area contributed by atoms with Crippen LogP contribution >= 0.6 is 0 Å². The molecule has 1 nitrogen and oxygen atoms in total. The second-order valence-electron chi connectivity index (χ2n) is 4.84. The van der Waals surface area contributed by atoms with Gasteiger partial charge >= 0.3 is 0 Å². The van der Waals surface area contributed by atoms with Crippen molar-refractivity contribution >= 4 is 0 Å². The summed E-state index contributed by atoms with van der Waals surface area (Å²) in [6.07, 6.45) is 14.6. The largest absolute Gasteiger partial charge is 0.311 e. The van der Waals surface area contributed by atoms with Gasteiger partial charge in [0.1, 0.15) is 0 Å². The van der Waals surface area contributed by atoms with E-state index in [1.807, 2.05) is 0 Å². The molecule has 0 saturated heterocycles. The van der Waals surface area contributed by atoms with E-state index < -0.39 is 0 Å². The average Bonchev–Trinajstić information content (AvgIpc) is 2.21. The van der Waals surface area contributed by atoms with Gasteiger partial charge in [-0.1, -0.05) is 38.5 Å². The fourth-order valence-electron chi connectivity index (χ4n) is 2.87. The van der Waals surface area contributed by atoms with E-state index >= 15 is 0 Å². The number of hydrogen-bond donors (Lipinski definition) is 1. The van der Waals surface area contributed by atoms with Gasteiger partial charge in [0.15, 0.2) is 0 Å². The molecule has 0 bridgehead atoms. The third-order valence-electron chi connectivity index (χ3n) is 3.68. The van der Waals surface area contributed by atoms with Gasteiger partial charge in [0.2, 0.25) is 0 Å². The molecule has 2 saturated carbocycles. The molecule has 2 fully saturated rings. The molecule has 2 aliphatic carbocycles. The predicted molar refractivity (Wildman–Crippen MR) is 56.9 cm³/mol. The van der Waals surface area contributed by atoms with Gasteiger partial charge in [-0.05, 0) is 25.7 Å². The van der Waals surface area contributed by atoms with Crippen LogP contribution in [0.25, 0.3) is 0 Å². The van der Waals surface area contributed by atoms with E-state index in [0.717, 1.165) is 12.1 Å². The van der Waals surface area contributed by atoms with Crippen molar-refractivity contribution in [2.75, 3.05) is 0 Å². The summed E-state index contributed by atoms with van der Waals surface area (Å²) in [6, 6.07) is 1.74. The van der Waals surface area contributed by atoms with Crippen molar-refractivity contribution in [3.8, 4) is 0 Å². The molecule has 0 radical (unpaired) electrons. The van der Waals surface area contributed by atoms with Crippen LogP contribution < -0.4 is 5.32 Å². The number of hydrogen-bond acceptors (Lipinski definition) is 1. The Morgan fingerprint density at radius 2 is 0.929 bits per heavy atom. The third-order valence-corrected chi connectivity index (χ3v) is 3.68. The Bertz CT molecular complexity index is 121. The minimum absolute atomic E-state index is 0. The summed E-state index contributed by atoms with van der Waals surface area (Å²) in [4.78, 5) is 0. The molecule has 0 aromatic heterocycles. The molecule has 0 atom stereocenters. The van der Waals surface area contributed by atoms with Crippen LogP contribution in [0.2, 0.25) is 0 Å². The monoisotopic (exact) mass is 283 g/mol. The second kappa shape index (κ2) is 6.96. The van der Waals surface area contributed by atoms with Gasteiger partial charge in [-0.15, -0.1) is 0 Å². The van der Waals surface area contributed by atoms with Crippen molar-refractivity contribution in [2.45, 2.75) is 76.3 Å². The van der Waals surface area contributed by atoms with Gasteiger partial charge in [-0.2, -0.15) is 0 Å². The summed E-state index contributed by atoms with van der Waals surface area (Å²) < 4.78 is 0. The molecule has 0 aromatic carbocycles. The van der Waals surface area contributed by atoms with Crippen molar-refractivity contribution in [1.82, 2.24) is 5.32 Å². The van der Waals surface area contributed by atoms with E-state index in [0.29, 0.717) is 0 Å². The zero-order chi connectivity index (χ0) is 8.93. The molecular weight excluding hydrogens is 259 g/mol. The second-order valence-corrected chi connectivity index (χ2v) is 4.84. The van der Waals surface area contributed by atoms with E-state index in [1.54, 1.807) is 0 Å². The molecule has 0 aliphatic heterocycles. The van der Waals surface area contributed by atoms with Crippen molar-refractivity contribution in [2.24, 2.45) is 0 Å². The van der Waals surface area contributed by atoms with Crippen LogP contribution in [0.4, 0.5) is 0 Å². The topological polar surface area (TPSA) is 12.0 Å². The SMILES string of the molecule is C1CCC(NC2CCCCC2)CC1.[Ru]. The normalized spacial score (nSPS) is 25.7. The maximum atomic E-state index is 3.86. The molecule has 14 heavy (non-hydrogen) atoms.